The van der Waals surface area contributed by atoms with Gasteiger partial charge in [0.2, 0.25) is 0 Å². The number of likely N-dealkylation sites (tertiary alicyclic amines) is 1. The molecule has 1 fully saturated rings. The Kier molecular flexibility index (Phi) is 7.77. The standard InChI is InChI=1S/C26H30N4O5/c1-2-35-25(31)23-22(17-29-14-12-19(13-15-29)16-18-6-4-3-5-7-18)27-26(32)28-24(23)20-8-10-21(11-9-20)30(33)34/h3-11,19,24H,2,12-17H2,1H3,(H2,27,28,32)/t24-/m1/s1. The molecule has 2 aromatic rings. The van der Waals surface area contributed by atoms with Crippen molar-refractivity contribution >= 4 is 17.7 Å². The Bertz CT molecular complexity index is 1090. The number of carbonyl (C=O) groups is 2. The molecule has 2 aromatic carbocycles. The van der Waals surface area contributed by atoms with Crippen molar-refractivity contribution < 1.29 is 19.2 Å². The van der Waals surface area contributed by atoms with Crippen molar-refractivity contribution in [1.29, 1.82) is 0 Å². The molecule has 0 aromatic heterocycles. The van der Waals surface area contributed by atoms with E-state index in [1.165, 1.54) is 17.7 Å². The van der Waals surface area contributed by atoms with Crippen molar-refractivity contribution in [3.8, 4) is 0 Å². The summed E-state index contributed by atoms with van der Waals surface area (Å²) in [5.74, 6) is 0.0833. The Morgan fingerprint density at radius 2 is 1.80 bits per heavy atom. The van der Waals surface area contributed by atoms with Gasteiger partial charge in [-0.25, -0.2) is 9.59 Å². The molecule has 0 saturated carbocycles. The Morgan fingerprint density at radius 1 is 1.11 bits per heavy atom. The summed E-state index contributed by atoms with van der Waals surface area (Å²) in [4.78, 5) is 38.3. The Hall–Kier alpha value is -3.72. The summed E-state index contributed by atoms with van der Waals surface area (Å²) < 4.78 is 5.32. The summed E-state index contributed by atoms with van der Waals surface area (Å²) in [6.45, 7) is 4.07. The van der Waals surface area contributed by atoms with Gasteiger partial charge in [-0.1, -0.05) is 30.3 Å². The first-order valence-corrected chi connectivity index (χ1v) is 11.9. The third kappa shape index (κ3) is 6.05. The molecule has 2 N–H and O–H groups in total. The van der Waals surface area contributed by atoms with Crippen LogP contribution in [0.4, 0.5) is 10.5 Å². The number of esters is 1. The minimum Gasteiger partial charge on any atom is -0.463 e. The molecule has 1 saturated heterocycles. The topological polar surface area (TPSA) is 114 Å². The van der Waals surface area contributed by atoms with Crippen molar-refractivity contribution in [2.75, 3.05) is 26.2 Å². The molecule has 0 radical (unpaired) electrons. The maximum Gasteiger partial charge on any atom is 0.338 e. The van der Waals surface area contributed by atoms with Crippen LogP contribution in [-0.4, -0.2) is 48.1 Å². The first-order valence-electron chi connectivity index (χ1n) is 11.9. The van der Waals surface area contributed by atoms with Crippen LogP contribution in [0.1, 0.15) is 36.9 Å². The molecule has 1 atom stereocenters. The van der Waals surface area contributed by atoms with Crippen LogP contribution < -0.4 is 10.6 Å². The lowest BCUT2D eigenvalue weighted by Crippen LogP contribution is -2.49. The van der Waals surface area contributed by atoms with E-state index in [0.717, 1.165) is 32.4 Å². The predicted octanol–water partition coefficient (Wildman–Crippen LogP) is 3.72. The smallest absolute Gasteiger partial charge is 0.338 e. The number of nitrogens with one attached hydrogen (secondary N) is 2. The molecule has 0 bridgehead atoms. The van der Waals surface area contributed by atoms with Gasteiger partial charge in [-0.15, -0.1) is 0 Å². The average molecular weight is 479 g/mol. The van der Waals surface area contributed by atoms with Crippen molar-refractivity contribution in [1.82, 2.24) is 15.5 Å². The number of amides is 2. The summed E-state index contributed by atoms with van der Waals surface area (Å²) in [6, 6.07) is 15.1. The van der Waals surface area contributed by atoms with Crippen LogP contribution in [-0.2, 0) is 16.0 Å². The quantitative estimate of drug-likeness (QED) is 0.340. The number of nitro groups is 1. The number of benzene rings is 2. The zero-order valence-electron chi connectivity index (χ0n) is 19.7. The van der Waals surface area contributed by atoms with Crippen molar-refractivity contribution in [2.24, 2.45) is 5.92 Å². The molecule has 2 heterocycles. The van der Waals surface area contributed by atoms with Crippen LogP contribution in [0.25, 0.3) is 0 Å². The molecule has 4 rings (SSSR count). The van der Waals surface area contributed by atoms with E-state index in [0.29, 0.717) is 29.3 Å². The lowest BCUT2D eigenvalue weighted by atomic mass is 9.89. The van der Waals surface area contributed by atoms with Crippen LogP contribution in [0.2, 0.25) is 0 Å². The van der Waals surface area contributed by atoms with Gasteiger partial charge in [-0.3, -0.25) is 15.0 Å². The highest BCUT2D eigenvalue weighted by Gasteiger charge is 2.35. The van der Waals surface area contributed by atoms with Gasteiger partial charge in [0, 0.05) is 24.4 Å². The molecule has 2 amide bonds. The Morgan fingerprint density at radius 3 is 2.43 bits per heavy atom. The van der Waals surface area contributed by atoms with Gasteiger partial charge in [0.25, 0.3) is 5.69 Å². The van der Waals surface area contributed by atoms with Crippen LogP contribution in [0.5, 0.6) is 0 Å². The third-order valence-corrected chi connectivity index (χ3v) is 6.54. The van der Waals surface area contributed by atoms with Gasteiger partial charge in [-0.05, 0) is 68.5 Å². The number of urea groups is 1. The molecule has 9 nitrogen and oxygen atoms in total. The average Bonchev–Trinajstić information content (AvgIpc) is 2.85. The first-order chi connectivity index (χ1) is 16.9. The van der Waals surface area contributed by atoms with Gasteiger partial charge in [0.15, 0.2) is 0 Å². The number of rotatable bonds is 8. The fourth-order valence-electron chi connectivity index (χ4n) is 4.75. The minimum atomic E-state index is -0.755. The van der Waals surface area contributed by atoms with E-state index in [-0.39, 0.29) is 12.3 Å². The molecule has 0 unspecified atom stereocenters. The lowest BCUT2D eigenvalue weighted by molar-refractivity contribution is -0.384. The Balaban J connectivity index is 1.52. The molecule has 2 aliphatic rings. The number of ether oxygens (including phenoxy) is 1. The maximum atomic E-state index is 13.0. The summed E-state index contributed by atoms with van der Waals surface area (Å²) in [7, 11) is 0. The summed E-state index contributed by atoms with van der Waals surface area (Å²) >= 11 is 0. The van der Waals surface area contributed by atoms with E-state index < -0.39 is 23.0 Å². The van der Waals surface area contributed by atoms with Crippen molar-refractivity contribution in [3.63, 3.8) is 0 Å². The second-order valence-corrected chi connectivity index (χ2v) is 8.90. The van der Waals surface area contributed by atoms with Gasteiger partial charge < -0.3 is 15.4 Å². The monoisotopic (exact) mass is 478 g/mol. The van der Waals surface area contributed by atoms with Gasteiger partial charge in [-0.2, -0.15) is 0 Å². The summed E-state index contributed by atoms with van der Waals surface area (Å²) in [6.07, 6.45) is 3.12. The van der Waals surface area contributed by atoms with Crippen LogP contribution in [0, 0.1) is 16.0 Å². The zero-order valence-corrected chi connectivity index (χ0v) is 19.7. The number of hydrogen-bond donors (Lipinski definition) is 2. The largest absolute Gasteiger partial charge is 0.463 e. The van der Waals surface area contributed by atoms with E-state index >= 15 is 0 Å². The first kappa shape index (κ1) is 24.4. The molecular weight excluding hydrogens is 448 g/mol. The maximum absolute atomic E-state index is 13.0. The number of non-ortho nitro benzene ring substituents is 1. The van der Waals surface area contributed by atoms with E-state index in [4.69, 9.17) is 4.74 Å². The van der Waals surface area contributed by atoms with Crippen LogP contribution in [0.3, 0.4) is 0 Å². The van der Waals surface area contributed by atoms with Crippen LogP contribution in [0.15, 0.2) is 65.9 Å². The zero-order chi connectivity index (χ0) is 24.8. The second-order valence-electron chi connectivity index (χ2n) is 8.90. The molecule has 35 heavy (non-hydrogen) atoms. The number of carbonyl (C=O) groups excluding carboxylic acids is 2. The van der Waals surface area contributed by atoms with Gasteiger partial charge in [0.1, 0.15) is 0 Å². The summed E-state index contributed by atoms with van der Waals surface area (Å²) in [5, 5.41) is 16.6. The van der Waals surface area contributed by atoms with Crippen molar-refractivity contribution in [2.45, 2.75) is 32.2 Å². The van der Waals surface area contributed by atoms with Crippen molar-refractivity contribution in [3.05, 3.63) is 87.1 Å². The minimum absolute atomic E-state index is 0.0609. The summed E-state index contributed by atoms with van der Waals surface area (Å²) in [5.41, 5.74) is 2.69. The van der Waals surface area contributed by atoms with Crippen LogP contribution >= 0.6 is 0 Å². The highest BCUT2D eigenvalue weighted by molar-refractivity contribution is 5.95. The third-order valence-electron chi connectivity index (χ3n) is 6.54. The predicted molar refractivity (Wildman–Crippen MR) is 130 cm³/mol. The van der Waals surface area contributed by atoms with E-state index in [1.807, 2.05) is 6.07 Å². The van der Waals surface area contributed by atoms with E-state index in [9.17, 15) is 19.7 Å². The van der Waals surface area contributed by atoms with Gasteiger partial charge >= 0.3 is 12.0 Å². The fourth-order valence-corrected chi connectivity index (χ4v) is 4.75. The molecule has 184 valence electrons. The second kappa shape index (κ2) is 11.1. The number of piperidine rings is 1. The fraction of sp³-hybridized carbons (Fsp3) is 0.385. The van der Waals surface area contributed by atoms with E-state index in [1.54, 1.807) is 19.1 Å². The highest BCUT2D eigenvalue weighted by Crippen LogP contribution is 2.30. The normalized spacial score (nSPS) is 19.1. The SMILES string of the molecule is CCOC(=O)C1=C(CN2CCC(Cc3ccccc3)CC2)NC(=O)N[C@@H]1c1ccc([N+](=O)[O-])cc1. The molecule has 0 spiro atoms. The number of hydrogen-bond acceptors (Lipinski definition) is 6. The number of nitro benzene ring substituents is 1. The molecule has 0 aliphatic carbocycles. The number of nitrogens with zero attached hydrogens (tertiary/aromatic N) is 2. The molecule has 9 heteroatoms. The Labute approximate surface area is 204 Å². The molecule has 2 aliphatic heterocycles. The highest BCUT2D eigenvalue weighted by atomic mass is 16.6. The van der Waals surface area contributed by atoms with Gasteiger partial charge in [0.05, 0.1) is 23.1 Å². The van der Waals surface area contributed by atoms with E-state index in [2.05, 4.69) is 39.8 Å². The lowest BCUT2D eigenvalue weighted by Gasteiger charge is -2.35. The molecular formula is C26H30N4O5.